The Morgan fingerprint density at radius 3 is 3.00 bits per heavy atom. The number of nitrogens with zero attached hydrogens (tertiary/aromatic N) is 1. The molecule has 134 valence electrons. The van der Waals surface area contributed by atoms with Gasteiger partial charge >= 0.3 is 0 Å². The smallest absolute Gasteiger partial charge is 0.265 e. The highest BCUT2D eigenvalue weighted by Gasteiger charge is 2.25. The lowest BCUT2D eigenvalue weighted by atomic mass is 9.97. The fourth-order valence-electron chi connectivity index (χ4n) is 3.35. The molecule has 0 aromatic heterocycles. The molecule has 0 fully saturated rings. The Hall–Kier alpha value is -2.30. The zero-order valence-electron chi connectivity index (χ0n) is 14.8. The normalized spacial score (nSPS) is 16.8. The molecule has 0 atom stereocenters. The van der Waals surface area contributed by atoms with Crippen LogP contribution in [0, 0.1) is 6.92 Å². The average molecular weight is 342 g/mol. The Balaban J connectivity index is 1.49. The molecule has 0 bridgehead atoms. The number of nitrogens with one attached hydrogen (secondary N) is 1. The number of hydrogen-bond acceptors (Lipinski definition) is 3. The second-order valence-electron chi connectivity index (χ2n) is 6.76. The van der Waals surface area contributed by atoms with Crippen LogP contribution in [0.3, 0.4) is 0 Å². The van der Waals surface area contributed by atoms with Crippen molar-refractivity contribution < 1.29 is 14.3 Å². The molecule has 1 aliphatic heterocycles. The lowest BCUT2D eigenvalue weighted by Gasteiger charge is -2.29. The maximum atomic E-state index is 12.2. The molecule has 1 aliphatic carbocycles. The third-order valence-corrected chi connectivity index (χ3v) is 4.77. The number of rotatable bonds is 6. The summed E-state index contributed by atoms with van der Waals surface area (Å²) in [5.74, 6) is 0.595. The quantitative estimate of drug-likeness (QED) is 0.808. The van der Waals surface area contributed by atoms with E-state index >= 15 is 0 Å². The van der Waals surface area contributed by atoms with E-state index in [0.717, 1.165) is 24.1 Å². The average Bonchev–Trinajstić information content (AvgIpc) is 2.62. The monoisotopic (exact) mass is 342 g/mol. The molecule has 0 unspecified atom stereocenters. The van der Waals surface area contributed by atoms with E-state index in [1.165, 1.54) is 24.8 Å². The molecule has 1 N–H and O–H groups in total. The predicted octanol–water partition coefficient (Wildman–Crippen LogP) is 3.12. The summed E-state index contributed by atoms with van der Waals surface area (Å²) in [5.41, 5.74) is 3.28. The van der Waals surface area contributed by atoms with E-state index in [1.54, 1.807) is 4.90 Å². The Kier molecular flexibility index (Phi) is 5.74. The largest absolute Gasteiger partial charge is 0.482 e. The minimum absolute atomic E-state index is 0.00935. The summed E-state index contributed by atoms with van der Waals surface area (Å²) < 4.78 is 5.46. The molecule has 1 heterocycles. The van der Waals surface area contributed by atoms with Crippen molar-refractivity contribution >= 4 is 17.5 Å². The van der Waals surface area contributed by atoms with Crippen molar-refractivity contribution in [2.75, 3.05) is 24.6 Å². The van der Waals surface area contributed by atoms with E-state index in [1.807, 2.05) is 25.1 Å². The van der Waals surface area contributed by atoms with Crippen molar-refractivity contribution in [1.82, 2.24) is 5.32 Å². The van der Waals surface area contributed by atoms with Crippen molar-refractivity contribution in [3.05, 3.63) is 35.4 Å². The topological polar surface area (TPSA) is 58.6 Å². The minimum atomic E-state index is -0.0988. The van der Waals surface area contributed by atoms with Crippen LogP contribution in [0.2, 0.25) is 0 Å². The van der Waals surface area contributed by atoms with Gasteiger partial charge in [-0.1, -0.05) is 17.7 Å². The molecule has 1 aromatic rings. The first-order valence-corrected chi connectivity index (χ1v) is 9.12. The summed E-state index contributed by atoms with van der Waals surface area (Å²) in [7, 11) is 0. The van der Waals surface area contributed by atoms with E-state index in [2.05, 4.69) is 11.4 Å². The number of anilines is 1. The van der Waals surface area contributed by atoms with Gasteiger partial charge < -0.3 is 15.0 Å². The first-order chi connectivity index (χ1) is 12.1. The van der Waals surface area contributed by atoms with Crippen LogP contribution in [-0.4, -0.2) is 31.5 Å². The molecule has 2 aliphatic rings. The van der Waals surface area contributed by atoms with Gasteiger partial charge in [-0.2, -0.15) is 0 Å². The van der Waals surface area contributed by atoms with Gasteiger partial charge in [-0.15, -0.1) is 0 Å². The molecule has 5 heteroatoms. The van der Waals surface area contributed by atoms with Crippen molar-refractivity contribution in [2.45, 2.75) is 45.4 Å². The summed E-state index contributed by atoms with van der Waals surface area (Å²) in [5, 5.41) is 2.97. The number of benzene rings is 1. The highest BCUT2D eigenvalue weighted by molar-refractivity contribution is 5.98. The number of amides is 2. The lowest BCUT2D eigenvalue weighted by Crippen LogP contribution is -2.41. The zero-order valence-corrected chi connectivity index (χ0v) is 14.8. The number of fused-ring (bicyclic) bond motifs is 1. The van der Waals surface area contributed by atoms with Crippen LogP contribution >= 0.6 is 0 Å². The number of hydrogen-bond donors (Lipinski definition) is 1. The van der Waals surface area contributed by atoms with Crippen LogP contribution in [0.5, 0.6) is 5.75 Å². The molecule has 3 rings (SSSR count). The van der Waals surface area contributed by atoms with E-state index < -0.39 is 0 Å². The van der Waals surface area contributed by atoms with Gasteiger partial charge in [-0.25, -0.2) is 0 Å². The second kappa shape index (κ2) is 8.19. The van der Waals surface area contributed by atoms with Crippen LogP contribution in [0.25, 0.3) is 0 Å². The fourth-order valence-corrected chi connectivity index (χ4v) is 3.35. The SMILES string of the molecule is Cc1ccc2c(c1)N(CCC(=O)NCCC1=CCCCC1)C(=O)CO2. The van der Waals surface area contributed by atoms with Gasteiger partial charge in [0.15, 0.2) is 6.61 Å². The third-order valence-electron chi connectivity index (χ3n) is 4.77. The van der Waals surface area contributed by atoms with E-state index in [-0.39, 0.29) is 18.4 Å². The number of ether oxygens (including phenoxy) is 1. The molecule has 1 aromatic carbocycles. The van der Waals surface area contributed by atoms with Crippen LogP contribution in [0.15, 0.2) is 29.8 Å². The Morgan fingerprint density at radius 2 is 2.20 bits per heavy atom. The third kappa shape index (κ3) is 4.62. The highest BCUT2D eigenvalue weighted by Crippen LogP contribution is 2.32. The van der Waals surface area contributed by atoms with Gasteiger partial charge in [0.05, 0.1) is 5.69 Å². The van der Waals surface area contributed by atoms with Crippen LogP contribution in [0.1, 0.15) is 44.1 Å². The van der Waals surface area contributed by atoms with Gasteiger partial charge in [0, 0.05) is 19.5 Å². The highest BCUT2D eigenvalue weighted by atomic mass is 16.5. The molecule has 5 nitrogen and oxygen atoms in total. The molecule has 0 saturated heterocycles. The summed E-state index contributed by atoms with van der Waals surface area (Å²) in [4.78, 5) is 25.9. The maximum Gasteiger partial charge on any atom is 0.265 e. The summed E-state index contributed by atoms with van der Waals surface area (Å²) in [6, 6.07) is 5.77. The van der Waals surface area contributed by atoms with E-state index in [9.17, 15) is 9.59 Å². The molecular weight excluding hydrogens is 316 g/mol. The molecule has 0 spiro atoms. The zero-order chi connectivity index (χ0) is 17.6. The van der Waals surface area contributed by atoms with Crippen LogP contribution in [-0.2, 0) is 9.59 Å². The van der Waals surface area contributed by atoms with Gasteiger partial charge in [-0.3, -0.25) is 9.59 Å². The standard InChI is InChI=1S/C20H26N2O3/c1-15-7-8-18-17(13-15)22(20(24)14-25-18)12-10-19(23)21-11-9-16-5-3-2-4-6-16/h5,7-8,13H,2-4,6,9-12,14H2,1H3,(H,21,23). The fraction of sp³-hybridized carbons (Fsp3) is 0.500. The maximum absolute atomic E-state index is 12.2. The Morgan fingerprint density at radius 1 is 1.32 bits per heavy atom. The number of carbonyl (C=O) groups is 2. The molecule has 0 radical (unpaired) electrons. The van der Waals surface area contributed by atoms with Crippen molar-refractivity contribution in [2.24, 2.45) is 0 Å². The van der Waals surface area contributed by atoms with Crippen molar-refractivity contribution in [3.63, 3.8) is 0 Å². The molecular formula is C20H26N2O3. The molecule has 25 heavy (non-hydrogen) atoms. The summed E-state index contributed by atoms with van der Waals surface area (Å²) in [6.07, 6.45) is 8.42. The summed E-state index contributed by atoms with van der Waals surface area (Å²) in [6.45, 7) is 3.07. The molecule has 2 amide bonds. The number of allylic oxidation sites excluding steroid dienone is 1. The number of carbonyl (C=O) groups excluding carboxylic acids is 2. The minimum Gasteiger partial charge on any atom is -0.482 e. The summed E-state index contributed by atoms with van der Waals surface area (Å²) >= 11 is 0. The lowest BCUT2D eigenvalue weighted by molar-refractivity contribution is -0.122. The van der Waals surface area contributed by atoms with Gasteiger partial charge in [0.2, 0.25) is 5.91 Å². The number of aryl methyl sites for hydroxylation is 1. The van der Waals surface area contributed by atoms with Gasteiger partial charge in [0.25, 0.3) is 5.91 Å². The second-order valence-corrected chi connectivity index (χ2v) is 6.76. The van der Waals surface area contributed by atoms with Crippen LogP contribution < -0.4 is 15.0 Å². The molecule has 0 saturated carbocycles. The van der Waals surface area contributed by atoms with Gasteiger partial charge in [0.1, 0.15) is 5.75 Å². The van der Waals surface area contributed by atoms with Crippen molar-refractivity contribution in [3.8, 4) is 5.75 Å². The van der Waals surface area contributed by atoms with Crippen molar-refractivity contribution in [1.29, 1.82) is 0 Å². The van der Waals surface area contributed by atoms with Gasteiger partial charge in [-0.05, 0) is 56.7 Å². The first-order valence-electron chi connectivity index (χ1n) is 9.12. The van der Waals surface area contributed by atoms with Crippen LogP contribution in [0.4, 0.5) is 5.69 Å². The van der Waals surface area contributed by atoms with E-state index in [0.29, 0.717) is 25.3 Å². The first kappa shape index (κ1) is 17.5. The Labute approximate surface area is 149 Å². The van der Waals surface area contributed by atoms with E-state index in [4.69, 9.17) is 4.74 Å². The predicted molar refractivity (Wildman–Crippen MR) is 97.8 cm³/mol. The Bertz CT molecular complexity index is 682.